The molecule has 7 heteroatoms. The molecule has 0 bridgehead atoms. The van der Waals surface area contributed by atoms with E-state index in [0.717, 1.165) is 17.8 Å². The van der Waals surface area contributed by atoms with Crippen LogP contribution in [-0.4, -0.2) is 27.4 Å². The zero-order chi connectivity index (χ0) is 16.7. The molecular formula is C17H12Cl2N4O. The minimum Gasteiger partial charge on any atom is -0.356 e. The van der Waals surface area contributed by atoms with E-state index in [1.807, 2.05) is 12.1 Å². The van der Waals surface area contributed by atoms with Gasteiger partial charge in [-0.2, -0.15) is 0 Å². The number of hydrogen-bond donors (Lipinski definition) is 2. The Hall–Kier alpha value is -2.37. The SMILES string of the molecule is O=C1NCCc2[nH]c(-c3ccnc(-c4cccc(Cl)c4Cl)n3)cc21. The molecular weight excluding hydrogens is 347 g/mol. The molecule has 24 heavy (non-hydrogen) atoms. The van der Waals surface area contributed by atoms with E-state index in [4.69, 9.17) is 23.2 Å². The Morgan fingerprint density at radius 3 is 2.83 bits per heavy atom. The van der Waals surface area contributed by atoms with Crippen molar-refractivity contribution in [3.8, 4) is 22.8 Å². The summed E-state index contributed by atoms with van der Waals surface area (Å²) < 4.78 is 0. The van der Waals surface area contributed by atoms with Gasteiger partial charge in [-0.1, -0.05) is 29.3 Å². The highest BCUT2D eigenvalue weighted by atomic mass is 35.5. The van der Waals surface area contributed by atoms with Gasteiger partial charge in [-0.25, -0.2) is 9.97 Å². The zero-order valence-electron chi connectivity index (χ0n) is 12.4. The predicted molar refractivity (Wildman–Crippen MR) is 93.3 cm³/mol. The van der Waals surface area contributed by atoms with E-state index in [1.54, 1.807) is 24.4 Å². The van der Waals surface area contributed by atoms with Crippen molar-refractivity contribution < 1.29 is 4.79 Å². The number of fused-ring (bicyclic) bond motifs is 1. The van der Waals surface area contributed by atoms with Gasteiger partial charge in [0.05, 0.1) is 27.0 Å². The number of aromatic nitrogens is 3. The number of carbonyl (C=O) groups is 1. The molecule has 1 aromatic carbocycles. The van der Waals surface area contributed by atoms with Gasteiger partial charge < -0.3 is 10.3 Å². The van der Waals surface area contributed by atoms with Gasteiger partial charge in [-0.05, 0) is 24.3 Å². The summed E-state index contributed by atoms with van der Waals surface area (Å²) in [6.45, 7) is 0.638. The van der Waals surface area contributed by atoms with E-state index >= 15 is 0 Å². The highest BCUT2D eigenvalue weighted by Crippen LogP contribution is 2.32. The Morgan fingerprint density at radius 1 is 1.12 bits per heavy atom. The molecule has 0 saturated heterocycles. The van der Waals surface area contributed by atoms with Crippen molar-refractivity contribution in [1.29, 1.82) is 0 Å². The normalized spacial score (nSPS) is 13.5. The second-order valence-electron chi connectivity index (χ2n) is 5.45. The number of hydrogen-bond acceptors (Lipinski definition) is 3. The lowest BCUT2D eigenvalue weighted by molar-refractivity contribution is 0.0946. The van der Waals surface area contributed by atoms with Crippen molar-refractivity contribution >= 4 is 29.1 Å². The van der Waals surface area contributed by atoms with Crippen molar-refractivity contribution in [3.63, 3.8) is 0 Å². The van der Waals surface area contributed by atoms with E-state index in [9.17, 15) is 4.79 Å². The Morgan fingerprint density at radius 2 is 2.00 bits per heavy atom. The first kappa shape index (κ1) is 15.2. The van der Waals surface area contributed by atoms with Crippen LogP contribution in [0.4, 0.5) is 0 Å². The number of aromatic amines is 1. The van der Waals surface area contributed by atoms with E-state index < -0.39 is 0 Å². The largest absolute Gasteiger partial charge is 0.356 e. The third-order valence-corrected chi connectivity index (χ3v) is 4.75. The van der Waals surface area contributed by atoms with Crippen molar-refractivity contribution in [2.75, 3.05) is 6.54 Å². The quantitative estimate of drug-likeness (QED) is 0.733. The zero-order valence-corrected chi connectivity index (χ0v) is 13.9. The molecule has 5 nitrogen and oxygen atoms in total. The van der Waals surface area contributed by atoms with Crippen LogP contribution in [-0.2, 0) is 6.42 Å². The van der Waals surface area contributed by atoms with Gasteiger partial charge in [0.1, 0.15) is 0 Å². The van der Waals surface area contributed by atoms with Crippen molar-refractivity contribution in [2.45, 2.75) is 6.42 Å². The van der Waals surface area contributed by atoms with E-state index in [1.165, 1.54) is 0 Å². The maximum Gasteiger partial charge on any atom is 0.253 e. The highest BCUT2D eigenvalue weighted by molar-refractivity contribution is 6.43. The van der Waals surface area contributed by atoms with Gasteiger partial charge in [0.15, 0.2) is 5.82 Å². The molecule has 1 aliphatic rings. The number of nitrogens with zero attached hydrogens (tertiary/aromatic N) is 2. The Balaban J connectivity index is 1.78. The molecule has 0 fully saturated rings. The number of benzene rings is 1. The molecule has 4 rings (SSSR count). The van der Waals surface area contributed by atoms with Crippen LogP contribution in [0.15, 0.2) is 36.5 Å². The molecule has 2 aromatic heterocycles. The molecule has 2 N–H and O–H groups in total. The summed E-state index contributed by atoms with van der Waals surface area (Å²) in [6, 6.07) is 8.94. The van der Waals surface area contributed by atoms with Gasteiger partial charge >= 0.3 is 0 Å². The summed E-state index contributed by atoms with van der Waals surface area (Å²) in [6.07, 6.45) is 2.44. The van der Waals surface area contributed by atoms with Gasteiger partial charge in [-0.3, -0.25) is 4.79 Å². The summed E-state index contributed by atoms with van der Waals surface area (Å²) in [5.41, 5.74) is 3.73. The lowest BCUT2D eigenvalue weighted by atomic mass is 10.1. The van der Waals surface area contributed by atoms with E-state index in [0.29, 0.717) is 39.2 Å². The molecule has 0 unspecified atom stereocenters. The number of carbonyl (C=O) groups excluding carboxylic acids is 1. The summed E-state index contributed by atoms with van der Waals surface area (Å²) >= 11 is 12.3. The summed E-state index contributed by atoms with van der Waals surface area (Å²) in [5.74, 6) is 0.419. The molecule has 3 aromatic rings. The van der Waals surface area contributed by atoms with Crippen LogP contribution in [0.25, 0.3) is 22.8 Å². The molecule has 3 heterocycles. The lowest BCUT2D eigenvalue weighted by Crippen LogP contribution is -2.31. The van der Waals surface area contributed by atoms with Crippen LogP contribution in [0.1, 0.15) is 16.1 Å². The smallest absolute Gasteiger partial charge is 0.253 e. The van der Waals surface area contributed by atoms with E-state index in [-0.39, 0.29) is 5.91 Å². The predicted octanol–water partition coefficient (Wildman–Crippen LogP) is 3.73. The number of nitrogens with one attached hydrogen (secondary N) is 2. The van der Waals surface area contributed by atoms with Gasteiger partial charge in [0, 0.05) is 30.4 Å². The molecule has 0 saturated carbocycles. The molecule has 0 atom stereocenters. The van der Waals surface area contributed by atoms with Gasteiger partial charge in [0.2, 0.25) is 0 Å². The number of halogens is 2. The van der Waals surface area contributed by atoms with Crippen LogP contribution < -0.4 is 5.32 Å². The van der Waals surface area contributed by atoms with Crippen LogP contribution >= 0.6 is 23.2 Å². The first-order valence-electron chi connectivity index (χ1n) is 7.41. The highest BCUT2D eigenvalue weighted by Gasteiger charge is 2.20. The third-order valence-electron chi connectivity index (χ3n) is 3.93. The van der Waals surface area contributed by atoms with Crippen molar-refractivity contribution in [3.05, 3.63) is 57.8 Å². The fraction of sp³-hybridized carbons (Fsp3) is 0.118. The first-order valence-corrected chi connectivity index (χ1v) is 8.17. The summed E-state index contributed by atoms with van der Waals surface area (Å²) in [5, 5.41) is 3.70. The second kappa shape index (κ2) is 5.92. The number of amides is 1. The minimum atomic E-state index is -0.0640. The minimum absolute atomic E-state index is 0.0640. The first-order chi connectivity index (χ1) is 11.6. The Kier molecular flexibility index (Phi) is 3.75. The molecule has 1 amide bonds. The van der Waals surface area contributed by atoms with Crippen molar-refractivity contribution in [2.24, 2.45) is 0 Å². The molecule has 120 valence electrons. The van der Waals surface area contributed by atoms with Gasteiger partial charge in [0.25, 0.3) is 5.91 Å². The average molecular weight is 359 g/mol. The monoisotopic (exact) mass is 358 g/mol. The standard InChI is InChI=1S/C17H12Cl2N4O/c18-11-3-1-2-9(15(11)19)16-20-6-5-13(23-16)14-8-10-12(22-14)4-7-21-17(10)24/h1-3,5-6,8,22H,4,7H2,(H,21,24). The summed E-state index contributed by atoms with van der Waals surface area (Å²) in [7, 11) is 0. The second-order valence-corrected chi connectivity index (χ2v) is 6.23. The summed E-state index contributed by atoms with van der Waals surface area (Å²) in [4.78, 5) is 24.0. The van der Waals surface area contributed by atoms with E-state index in [2.05, 4.69) is 20.3 Å². The number of rotatable bonds is 2. The fourth-order valence-corrected chi connectivity index (χ4v) is 3.13. The maximum absolute atomic E-state index is 11.9. The van der Waals surface area contributed by atoms with Crippen LogP contribution in [0, 0.1) is 0 Å². The van der Waals surface area contributed by atoms with Crippen LogP contribution in [0.2, 0.25) is 10.0 Å². The number of H-pyrrole nitrogens is 1. The molecule has 1 aliphatic heterocycles. The van der Waals surface area contributed by atoms with Crippen molar-refractivity contribution in [1.82, 2.24) is 20.3 Å². The van der Waals surface area contributed by atoms with Crippen LogP contribution in [0.5, 0.6) is 0 Å². The molecule has 0 radical (unpaired) electrons. The Bertz CT molecular complexity index is 952. The molecule has 0 aliphatic carbocycles. The maximum atomic E-state index is 11.9. The van der Waals surface area contributed by atoms with Gasteiger partial charge in [-0.15, -0.1) is 0 Å². The van der Waals surface area contributed by atoms with Crippen LogP contribution in [0.3, 0.4) is 0 Å². The topological polar surface area (TPSA) is 70.7 Å². The third kappa shape index (κ3) is 2.56. The lowest BCUT2D eigenvalue weighted by Gasteiger charge is -2.10. The fourth-order valence-electron chi connectivity index (χ4n) is 2.75. The Labute approximate surface area is 148 Å². The average Bonchev–Trinajstić information content (AvgIpc) is 3.03. The molecule has 0 spiro atoms.